The molecule has 0 spiro atoms. The molecule has 0 unspecified atom stereocenters. The molecule has 0 atom stereocenters. The Balaban J connectivity index is 2.40. The highest BCUT2D eigenvalue weighted by Crippen LogP contribution is 2.52. The number of ketones is 1. The maximum atomic E-state index is 13.8. The van der Waals surface area contributed by atoms with E-state index in [9.17, 15) is 41.0 Å². The Morgan fingerprint density at radius 3 is 1.82 bits per heavy atom. The van der Waals surface area contributed by atoms with E-state index in [-0.39, 0.29) is 30.2 Å². The number of aliphatic hydroxyl groups is 1. The van der Waals surface area contributed by atoms with E-state index in [0.717, 1.165) is 6.07 Å². The SMILES string of the molecule is CCC(C)(C)Nc1ccc(NC(=O)C2CCC(C(=O)C(C)(C)CC)CC2)c(C(O)(C(F)(F)F)C(F)(F)F)c1. The predicted molar refractivity (Wildman–Crippen MR) is 134 cm³/mol. The second-order valence-corrected chi connectivity index (χ2v) is 11.5. The number of halogens is 6. The Bertz CT molecular complexity index is 995. The van der Waals surface area contributed by atoms with Crippen LogP contribution >= 0.6 is 0 Å². The number of amides is 1. The first kappa shape index (κ1) is 31.9. The van der Waals surface area contributed by atoms with Gasteiger partial charge < -0.3 is 15.7 Å². The summed E-state index contributed by atoms with van der Waals surface area (Å²) in [6.07, 6.45) is -9.74. The summed E-state index contributed by atoms with van der Waals surface area (Å²) >= 11 is 0. The lowest BCUT2D eigenvalue weighted by Crippen LogP contribution is -2.54. The summed E-state index contributed by atoms with van der Waals surface area (Å²) in [4.78, 5) is 25.7. The van der Waals surface area contributed by atoms with Crippen molar-refractivity contribution in [3.8, 4) is 0 Å². The molecule has 0 radical (unpaired) electrons. The minimum Gasteiger partial charge on any atom is -0.380 e. The van der Waals surface area contributed by atoms with Crippen LogP contribution < -0.4 is 10.6 Å². The van der Waals surface area contributed by atoms with Crippen LogP contribution in [0.2, 0.25) is 0 Å². The first-order valence-corrected chi connectivity index (χ1v) is 12.8. The van der Waals surface area contributed by atoms with Crippen molar-refractivity contribution in [1.82, 2.24) is 0 Å². The molecule has 1 aromatic carbocycles. The van der Waals surface area contributed by atoms with E-state index in [1.807, 2.05) is 20.8 Å². The number of nitrogens with one attached hydrogen (secondary N) is 2. The lowest BCUT2D eigenvalue weighted by Gasteiger charge is -2.35. The number of alkyl halides is 6. The Labute approximate surface area is 219 Å². The number of benzene rings is 1. The Kier molecular flexibility index (Phi) is 9.29. The molecule has 38 heavy (non-hydrogen) atoms. The molecule has 11 heteroatoms. The third-order valence-corrected chi connectivity index (χ3v) is 7.87. The van der Waals surface area contributed by atoms with E-state index in [1.165, 1.54) is 6.07 Å². The van der Waals surface area contributed by atoms with Gasteiger partial charge in [0.1, 0.15) is 5.78 Å². The van der Waals surface area contributed by atoms with E-state index in [2.05, 4.69) is 10.6 Å². The summed E-state index contributed by atoms with van der Waals surface area (Å²) in [6.45, 7) is 10.8. The van der Waals surface area contributed by atoms with Gasteiger partial charge in [-0.2, -0.15) is 26.3 Å². The van der Waals surface area contributed by atoms with Gasteiger partial charge in [0.2, 0.25) is 5.91 Å². The molecule has 0 aliphatic heterocycles. The average molecular weight is 553 g/mol. The normalized spacial score (nSPS) is 19.7. The van der Waals surface area contributed by atoms with Crippen molar-refractivity contribution in [3.05, 3.63) is 23.8 Å². The molecule has 0 saturated heterocycles. The van der Waals surface area contributed by atoms with E-state index in [1.54, 1.807) is 20.8 Å². The molecule has 0 aromatic heterocycles. The van der Waals surface area contributed by atoms with Crippen LogP contribution in [0, 0.1) is 17.3 Å². The summed E-state index contributed by atoms with van der Waals surface area (Å²) in [5.74, 6) is -1.62. The molecule has 3 N–H and O–H groups in total. The van der Waals surface area contributed by atoms with Gasteiger partial charge in [-0.05, 0) is 70.6 Å². The highest BCUT2D eigenvalue weighted by atomic mass is 19.4. The van der Waals surface area contributed by atoms with Gasteiger partial charge in [-0.1, -0.05) is 27.7 Å². The number of Topliss-reactive ketones (excluding diaryl/α,β-unsaturated/α-hetero) is 1. The van der Waals surface area contributed by atoms with E-state index in [0.29, 0.717) is 31.7 Å². The Morgan fingerprint density at radius 2 is 1.37 bits per heavy atom. The van der Waals surface area contributed by atoms with Crippen LogP contribution in [0.4, 0.5) is 37.7 Å². The highest BCUT2D eigenvalue weighted by molar-refractivity contribution is 5.94. The summed E-state index contributed by atoms with van der Waals surface area (Å²) < 4.78 is 82.8. The van der Waals surface area contributed by atoms with Gasteiger partial charge in [-0.3, -0.25) is 9.59 Å². The minimum atomic E-state index is -6.12. The zero-order valence-electron chi connectivity index (χ0n) is 22.7. The molecule has 1 saturated carbocycles. The van der Waals surface area contributed by atoms with Gasteiger partial charge in [0.15, 0.2) is 0 Å². The molecule has 0 heterocycles. The molecule has 1 aliphatic carbocycles. The minimum absolute atomic E-state index is 0.0747. The van der Waals surface area contributed by atoms with Crippen molar-refractivity contribution < 1.29 is 41.0 Å². The van der Waals surface area contributed by atoms with Gasteiger partial charge in [-0.25, -0.2) is 0 Å². The van der Waals surface area contributed by atoms with Crippen molar-refractivity contribution in [3.63, 3.8) is 0 Å². The fraction of sp³-hybridized carbons (Fsp3) is 0.704. The third kappa shape index (κ3) is 6.63. The summed E-state index contributed by atoms with van der Waals surface area (Å²) in [5, 5.41) is 15.2. The molecule has 2 rings (SSSR count). The van der Waals surface area contributed by atoms with Gasteiger partial charge in [0, 0.05) is 39.7 Å². The summed E-state index contributed by atoms with van der Waals surface area (Å²) in [7, 11) is 0. The number of hydrogen-bond donors (Lipinski definition) is 3. The van der Waals surface area contributed by atoms with Crippen LogP contribution in [0.25, 0.3) is 0 Å². The molecule has 5 nitrogen and oxygen atoms in total. The molecule has 1 amide bonds. The number of carbonyl (C=O) groups is 2. The lowest BCUT2D eigenvalue weighted by molar-refractivity contribution is -0.376. The Hall–Kier alpha value is -2.30. The lowest BCUT2D eigenvalue weighted by atomic mass is 9.71. The van der Waals surface area contributed by atoms with Crippen LogP contribution in [0.5, 0.6) is 0 Å². The number of carbonyl (C=O) groups excluding carboxylic acids is 2. The maximum absolute atomic E-state index is 13.8. The number of anilines is 2. The van der Waals surface area contributed by atoms with Crippen molar-refractivity contribution in [2.75, 3.05) is 10.6 Å². The van der Waals surface area contributed by atoms with Crippen molar-refractivity contribution >= 4 is 23.1 Å². The van der Waals surface area contributed by atoms with E-state index in [4.69, 9.17) is 0 Å². The van der Waals surface area contributed by atoms with Crippen molar-refractivity contribution in [1.29, 1.82) is 0 Å². The molecular weight excluding hydrogens is 514 g/mol. The van der Waals surface area contributed by atoms with Gasteiger partial charge in [-0.15, -0.1) is 0 Å². The van der Waals surface area contributed by atoms with Crippen LogP contribution in [0.3, 0.4) is 0 Å². The molecule has 1 aliphatic rings. The molecule has 0 bridgehead atoms. The van der Waals surface area contributed by atoms with Gasteiger partial charge >= 0.3 is 12.4 Å². The van der Waals surface area contributed by atoms with Crippen molar-refractivity contribution in [2.24, 2.45) is 17.3 Å². The van der Waals surface area contributed by atoms with Crippen LogP contribution in [0.15, 0.2) is 18.2 Å². The molecule has 216 valence electrons. The predicted octanol–water partition coefficient (Wildman–Crippen LogP) is 7.35. The van der Waals surface area contributed by atoms with Crippen LogP contribution in [-0.2, 0) is 15.2 Å². The second kappa shape index (κ2) is 11.1. The van der Waals surface area contributed by atoms with Gasteiger partial charge in [0.05, 0.1) is 0 Å². The maximum Gasteiger partial charge on any atom is 0.430 e. The zero-order valence-corrected chi connectivity index (χ0v) is 22.7. The number of rotatable bonds is 9. The van der Waals surface area contributed by atoms with Crippen LogP contribution in [0.1, 0.15) is 85.6 Å². The number of hydrogen-bond acceptors (Lipinski definition) is 4. The second-order valence-electron chi connectivity index (χ2n) is 11.5. The smallest absolute Gasteiger partial charge is 0.380 e. The van der Waals surface area contributed by atoms with Crippen molar-refractivity contribution in [2.45, 2.75) is 104 Å². The average Bonchev–Trinajstić information content (AvgIpc) is 2.82. The topological polar surface area (TPSA) is 78.4 Å². The van der Waals surface area contributed by atoms with Gasteiger partial charge in [0.25, 0.3) is 5.60 Å². The Morgan fingerprint density at radius 1 is 0.868 bits per heavy atom. The quantitative estimate of drug-likeness (QED) is 0.280. The standard InChI is InChI=1S/C27H38F6N2O3/c1-7-23(3,4)21(36)16-9-11-17(12-10-16)22(37)34-20-14-13-18(35-24(5,6)8-2)15-19(20)25(38,26(28,29)30)27(31,32)33/h13-17,35,38H,7-12H2,1-6H3,(H,34,37). The van der Waals surface area contributed by atoms with E-state index >= 15 is 0 Å². The summed E-state index contributed by atoms with van der Waals surface area (Å²) in [5.41, 5.74) is -8.77. The zero-order chi connectivity index (χ0) is 29.3. The highest BCUT2D eigenvalue weighted by Gasteiger charge is 2.72. The fourth-order valence-corrected chi connectivity index (χ4v) is 4.55. The summed E-state index contributed by atoms with van der Waals surface area (Å²) in [6, 6.07) is 2.77. The van der Waals surface area contributed by atoms with E-state index < -0.39 is 52.0 Å². The first-order chi connectivity index (χ1) is 17.2. The molecular formula is C27H38F6N2O3. The first-order valence-electron chi connectivity index (χ1n) is 12.8. The monoisotopic (exact) mass is 552 g/mol. The largest absolute Gasteiger partial charge is 0.430 e. The third-order valence-electron chi connectivity index (χ3n) is 7.87. The molecule has 1 fully saturated rings. The fourth-order valence-electron chi connectivity index (χ4n) is 4.55. The van der Waals surface area contributed by atoms with Crippen LogP contribution in [-0.4, -0.2) is 34.7 Å². The molecule has 1 aromatic rings.